The number of nitriles is 1. The number of aryl methyl sites for hydroxylation is 1. The molecule has 0 aliphatic heterocycles. The van der Waals surface area contributed by atoms with Crippen LogP contribution in [0.25, 0.3) is 5.69 Å². The number of rotatable bonds is 5. The molecule has 2 aromatic carbocycles. The summed E-state index contributed by atoms with van der Waals surface area (Å²) in [6, 6.07) is 12.0. The molecule has 10 heteroatoms. The van der Waals surface area contributed by atoms with Crippen LogP contribution in [0.5, 0.6) is 0 Å². The molecule has 0 fully saturated rings. The van der Waals surface area contributed by atoms with Gasteiger partial charge in [0.2, 0.25) is 0 Å². The van der Waals surface area contributed by atoms with Gasteiger partial charge < -0.3 is 5.32 Å². The van der Waals surface area contributed by atoms with Gasteiger partial charge in [0.25, 0.3) is 5.91 Å². The highest BCUT2D eigenvalue weighted by molar-refractivity contribution is 6.31. The minimum Gasteiger partial charge on any atom is -0.305 e. The van der Waals surface area contributed by atoms with Crippen LogP contribution in [0.15, 0.2) is 48.7 Å². The SMILES string of the molecule is Cc1nn(Cc2ccc(C(=O)Nc3c(C#N)cnn3-c3ccc(F)c(F)c3)cc2)c(C)c1Cl. The van der Waals surface area contributed by atoms with E-state index in [4.69, 9.17) is 11.6 Å². The maximum absolute atomic E-state index is 13.7. The zero-order valence-corrected chi connectivity index (χ0v) is 18.4. The lowest BCUT2D eigenvalue weighted by atomic mass is 10.1. The number of halogens is 3. The summed E-state index contributed by atoms with van der Waals surface area (Å²) in [5.74, 6) is -2.52. The molecular weight excluding hydrogens is 450 g/mol. The van der Waals surface area contributed by atoms with Crippen molar-refractivity contribution < 1.29 is 13.6 Å². The topological polar surface area (TPSA) is 88.5 Å². The Hall–Kier alpha value is -4.03. The second-order valence-corrected chi connectivity index (χ2v) is 7.70. The molecule has 0 radical (unpaired) electrons. The average molecular weight is 467 g/mol. The summed E-state index contributed by atoms with van der Waals surface area (Å²) in [4.78, 5) is 12.8. The molecule has 0 unspecified atom stereocenters. The highest BCUT2D eigenvalue weighted by Crippen LogP contribution is 2.23. The molecule has 0 spiro atoms. The van der Waals surface area contributed by atoms with Crippen LogP contribution in [0.3, 0.4) is 0 Å². The molecule has 0 saturated carbocycles. The number of benzene rings is 2. The third kappa shape index (κ3) is 4.33. The first-order valence-electron chi connectivity index (χ1n) is 9.82. The minimum absolute atomic E-state index is 0.0508. The summed E-state index contributed by atoms with van der Waals surface area (Å²) >= 11 is 6.19. The predicted molar refractivity (Wildman–Crippen MR) is 118 cm³/mol. The Labute approximate surface area is 192 Å². The van der Waals surface area contributed by atoms with E-state index in [0.717, 1.165) is 29.1 Å². The van der Waals surface area contributed by atoms with Gasteiger partial charge in [0.15, 0.2) is 17.5 Å². The quantitative estimate of drug-likeness (QED) is 0.458. The third-order valence-corrected chi connectivity index (χ3v) is 5.66. The molecular formula is C23H17ClF2N6O. The number of nitrogens with one attached hydrogen (secondary N) is 1. The number of carbonyl (C=O) groups excluding carboxylic acids is 1. The lowest BCUT2D eigenvalue weighted by molar-refractivity contribution is 0.102. The Morgan fingerprint density at radius 1 is 1.15 bits per heavy atom. The fourth-order valence-electron chi connectivity index (χ4n) is 3.31. The summed E-state index contributed by atoms with van der Waals surface area (Å²) < 4.78 is 29.9. The number of carbonyl (C=O) groups is 1. The van der Waals surface area contributed by atoms with Gasteiger partial charge in [-0.05, 0) is 43.7 Å². The molecule has 0 atom stereocenters. The van der Waals surface area contributed by atoms with E-state index in [1.165, 1.54) is 16.9 Å². The van der Waals surface area contributed by atoms with Crippen LogP contribution in [-0.2, 0) is 6.54 Å². The number of hydrogen-bond acceptors (Lipinski definition) is 4. The normalized spacial score (nSPS) is 10.8. The van der Waals surface area contributed by atoms with Gasteiger partial charge in [-0.3, -0.25) is 9.48 Å². The van der Waals surface area contributed by atoms with E-state index in [-0.39, 0.29) is 17.1 Å². The van der Waals surface area contributed by atoms with Crippen molar-refractivity contribution in [2.24, 2.45) is 0 Å². The first-order valence-corrected chi connectivity index (χ1v) is 10.2. The molecule has 1 N–H and O–H groups in total. The smallest absolute Gasteiger partial charge is 0.256 e. The third-order valence-electron chi connectivity index (χ3n) is 5.11. The monoisotopic (exact) mass is 466 g/mol. The van der Waals surface area contributed by atoms with Gasteiger partial charge in [-0.1, -0.05) is 23.7 Å². The fraction of sp³-hybridized carbons (Fsp3) is 0.130. The molecule has 4 rings (SSSR count). The first kappa shape index (κ1) is 22.2. The zero-order valence-electron chi connectivity index (χ0n) is 17.6. The van der Waals surface area contributed by atoms with Crippen LogP contribution in [0.1, 0.15) is 32.9 Å². The molecule has 2 heterocycles. The van der Waals surface area contributed by atoms with Crippen molar-refractivity contribution in [1.82, 2.24) is 19.6 Å². The van der Waals surface area contributed by atoms with E-state index >= 15 is 0 Å². The first-order chi connectivity index (χ1) is 15.8. The molecule has 33 heavy (non-hydrogen) atoms. The molecule has 0 aliphatic rings. The van der Waals surface area contributed by atoms with Crippen molar-refractivity contribution in [3.05, 3.63) is 93.4 Å². The number of aromatic nitrogens is 4. The largest absolute Gasteiger partial charge is 0.305 e. The molecule has 7 nitrogen and oxygen atoms in total. The molecule has 0 aliphatic carbocycles. The maximum atomic E-state index is 13.7. The summed E-state index contributed by atoms with van der Waals surface area (Å²) in [7, 11) is 0. The highest BCUT2D eigenvalue weighted by atomic mass is 35.5. The van der Waals surface area contributed by atoms with Crippen LogP contribution in [0, 0.1) is 36.8 Å². The van der Waals surface area contributed by atoms with E-state index in [2.05, 4.69) is 15.5 Å². The number of hydrogen-bond donors (Lipinski definition) is 1. The number of amides is 1. The summed E-state index contributed by atoms with van der Waals surface area (Å²) in [5, 5.41) is 21.1. The van der Waals surface area contributed by atoms with E-state index in [9.17, 15) is 18.8 Å². The van der Waals surface area contributed by atoms with Crippen molar-refractivity contribution in [2.75, 3.05) is 5.32 Å². The summed E-state index contributed by atoms with van der Waals surface area (Å²) in [6.45, 7) is 4.20. The van der Waals surface area contributed by atoms with Gasteiger partial charge in [0.05, 0.1) is 34.8 Å². The van der Waals surface area contributed by atoms with Crippen molar-refractivity contribution in [1.29, 1.82) is 5.26 Å². The average Bonchev–Trinajstić information content (AvgIpc) is 3.31. The summed E-state index contributed by atoms with van der Waals surface area (Å²) in [5.41, 5.74) is 3.09. The van der Waals surface area contributed by atoms with Crippen molar-refractivity contribution in [2.45, 2.75) is 20.4 Å². The Kier molecular flexibility index (Phi) is 5.94. The maximum Gasteiger partial charge on any atom is 0.256 e. The van der Waals surface area contributed by atoms with Crippen molar-refractivity contribution in [3.8, 4) is 11.8 Å². The minimum atomic E-state index is -1.07. The van der Waals surface area contributed by atoms with Crippen LogP contribution in [-0.4, -0.2) is 25.5 Å². The molecule has 2 aromatic heterocycles. The lowest BCUT2D eigenvalue weighted by Crippen LogP contribution is -2.16. The van der Waals surface area contributed by atoms with Gasteiger partial charge in [0.1, 0.15) is 11.6 Å². The molecule has 1 amide bonds. The predicted octanol–water partition coefficient (Wildman–Crippen LogP) is 4.79. The fourth-order valence-corrected chi connectivity index (χ4v) is 3.44. The molecule has 0 bridgehead atoms. The van der Waals surface area contributed by atoms with Gasteiger partial charge >= 0.3 is 0 Å². The standard InChI is InChI=1S/C23H17ClF2N6O/c1-13-21(24)14(2)31(30-13)12-15-3-5-16(6-4-15)23(33)29-22-17(10-27)11-28-32(22)18-7-8-19(25)20(26)9-18/h3-9,11H,12H2,1-2H3,(H,29,33). The van der Waals surface area contributed by atoms with Crippen molar-refractivity contribution in [3.63, 3.8) is 0 Å². The van der Waals surface area contributed by atoms with E-state index < -0.39 is 17.5 Å². The van der Waals surface area contributed by atoms with E-state index in [1.54, 1.807) is 28.9 Å². The van der Waals surface area contributed by atoms with E-state index in [0.29, 0.717) is 17.1 Å². The van der Waals surface area contributed by atoms with Crippen LogP contribution >= 0.6 is 11.6 Å². The van der Waals surface area contributed by atoms with Crippen LogP contribution in [0.2, 0.25) is 5.02 Å². The van der Waals surface area contributed by atoms with Crippen LogP contribution < -0.4 is 5.32 Å². The summed E-state index contributed by atoms with van der Waals surface area (Å²) in [6.07, 6.45) is 1.24. The van der Waals surface area contributed by atoms with Gasteiger partial charge in [-0.25, -0.2) is 13.5 Å². The Balaban J connectivity index is 1.56. The Morgan fingerprint density at radius 2 is 1.88 bits per heavy atom. The number of nitrogens with zero attached hydrogens (tertiary/aromatic N) is 5. The second-order valence-electron chi connectivity index (χ2n) is 7.32. The molecule has 166 valence electrons. The van der Waals surface area contributed by atoms with Crippen LogP contribution in [0.4, 0.5) is 14.6 Å². The van der Waals surface area contributed by atoms with Gasteiger partial charge in [-0.2, -0.15) is 15.5 Å². The Bertz CT molecular complexity index is 1400. The molecule has 4 aromatic rings. The zero-order chi connectivity index (χ0) is 23.7. The number of anilines is 1. The second kappa shape index (κ2) is 8.84. The Morgan fingerprint density at radius 3 is 2.48 bits per heavy atom. The van der Waals surface area contributed by atoms with Crippen molar-refractivity contribution >= 4 is 23.3 Å². The van der Waals surface area contributed by atoms with E-state index in [1.807, 2.05) is 19.9 Å². The molecule has 0 saturated heterocycles. The lowest BCUT2D eigenvalue weighted by Gasteiger charge is -2.11. The van der Waals surface area contributed by atoms with Gasteiger partial charge in [-0.15, -0.1) is 0 Å². The highest BCUT2D eigenvalue weighted by Gasteiger charge is 2.17. The van der Waals surface area contributed by atoms with Gasteiger partial charge in [0, 0.05) is 11.6 Å².